The van der Waals surface area contributed by atoms with E-state index >= 15 is 0 Å². The molecule has 1 aliphatic carbocycles. The van der Waals surface area contributed by atoms with Crippen molar-refractivity contribution in [1.29, 1.82) is 0 Å². The Morgan fingerprint density at radius 3 is 2.85 bits per heavy atom. The number of hydrogen-bond acceptors (Lipinski definition) is 0. The van der Waals surface area contributed by atoms with Crippen LogP contribution in [0.25, 0.3) is 11.3 Å². The Labute approximate surface area is 77.6 Å². The van der Waals surface area contributed by atoms with E-state index in [-0.39, 0.29) is 0 Å². The molecule has 64 valence electrons. The zero-order chi connectivity index (χ0) is 8.84. The van der Waals surface area contributed by atoms with Crippen LogP contribution < -0.4 is 0 Å². The molecule has 3 rings (SSSR count). The minimum absolute atomic E-state index is 1.10. The molecule has 13 heavy (non-hydrogen) atoms. The molecule has 0 N–H and O–H groups in total. The van der Waals surface area contributed by atoms with Gasteiger partial charge in [0.2, 0.25) is 0 Å². The molecule has 0 aliphatic heterocycles. The molecule has 1 aliphatic rings. The van der Waals surface area contributed by atoms with Crippen LogP contribution in [0.4, 0.5) is 0 Å². The van der Waals surface area contributed by atoms with Gasteiger partial charge >= 0.3 is 0 Å². The number of aryl methyl sites for hydroxylation is 1. The third kappa shape index (κ3) is 0.816. The molecule has 0 radical (unpaired) electrons. The zero-order valence-corrected chi connectivity index (χ0v) is 7.62. The largest absolute Gasteiger partial charge is 0.350 e. The molecule has 1 heterocycles. The average molecular weight is 169 g/mol. The molecule has 0 saturated carbocycles. The first-order valence-corrected chi connectivity index (χ1v) is 4.59. The van der Waals surface area contributed by atoms with E-state index in [2.05, 4.69) is 48.1 Å². The van der Waals surface area contributed by atoms with Crippen molar-refractivity contribution in [2.45, 2.75) is 6.42 Å². The van der Waals surface area contributed by atoms with E-state index in [1.807, 2.05) is 0 Å². The Morgan fingerprint density at radius 1 is 1.08 bits per heavy atom. The van der Waals surface area contributed by atoms with Gasteiger partial charge in [0.05, 0.1) is 5.69 Å². The highest BCUT2D eigenvalue weighted by Crippen LogP contribution is 2.36. The lowest BCUT2D eigenvalue weighted by Crippen LogP contribution is -1.88. The summed E-state index contributed by atoms with van der Waals surface area (Å²) in [6.45, 7) is 0. The standard InChI is InChI=1S/C12H11N/c1-13-7-6-10-8-9-4-2-3-5-11(9)12(10)13/h2-7H,8H2,1H3. The van der Waals surface area contributed by atoms with Crippen molar-refractivity contribution in [3.05, 3.63) is 47.7 Å². The van der Waals surface area contributed by atoms with Crippen LogP contribution in [0, 0.1) is 0 Å². The summed E-state index contributed by atoms with van der Waals surface area (Å²) in [5.74, 6) is 0. The third-order valence-electron chi connectivity index (χ3n) is 2.81. The molecule has 1 aromatic heterocycles. The van der Waals surface area contributed by atoms with Crippen LogP contribution in [0.1, 0.15) is 11.1 Å². The Balaban J connectivity index is 2.35. The Morgan fingerprint density at radius 2 is 1.92 bits per heavy atom. The van der Waals surface area contributed by atoms with E-state index < -0.39 is 0 Å². The number of hydrogen-bond donors (Lipinski definition) is 0. The van der Waals surface area contributed by atoms with Gasteiger partial charge in [-0.1, -0.05) is 24.3 Å². The summed E-state index contributed by atoms with van der Waals surface area (Å²) in [7, 11) is 2.11. The first-order chi connectivity index (χ1) is 6.36. The van der Waals surface area contributed by atoms with Crippen molar-refractivity contribution in [2.24, 2.45) is 7.05 Å². The maximum Gasteiger partial charge on any atom is 0.0516 e. The number of nitrogens with zero attached hydrogens (tertiary/aromatic N) is 1. The van der Waals surface area contributed by atoms with Gasteiger partial charge in [-0.05, 0) is 17.2 Å². The second-order valence-electron chi connectivity index (χ2n) is 3.63. The highest BCUT2D eigenvalue weighted by atomic mass is 14.9. The van der Waals surface area contributed by atoms with Crippen LogP contribution in [-0.2, 0) is 13.5 Å². The van der Waals surface area contributed by atoms with E-state index in [9.17, 15) is 0 Å². The molecule has 1 heteroatoms. The van der Waals surface area contributed by atoms with Crippen LogP contribution in [0.5, 0.6) is 0 Å². The van der Waals surface area contributed by atoms with Gasteiger partial charge in [0.1, 0.15) is 0 Å². The first kappa shape index (κ1) is 6.96. The normalized spacial score (nSPS) is 12.7. The predicted molar refractivity (Wildman–Crippen MR) is 53.7 cm³/mol. The molecule has 0 amide bonds. The van der Waals surface area contributed by atoms with Gasteiger partial charge in [-0.2, -0.15) is 0 Å². The minimum atomic E-state index is 1.10. The van der Waals surface area contributed by atoms with Gasteiger partial charge in [0.15, 0.2) is 0 Å². The second kappa shape index (κ2) is 2.25. The average Bonchev–Trinajstić information content (AvgIpc) is 2.66. The lowest BCUT2D eigenvalue weighted by atomic mass is 10.1. The highest BCUT2D eigenvalue weighted by molar-refractivity contribution is 5.74. The molecule has 0 bridgehead atoms. The van der Waals surface area contributed by atoms with Crippen molar-refractivity contribution in [1.82, 2.24) is 4.57 Å². The Hall–Kier alpha value is -1.50. The number of rotatable bonds is 0. The van der Waals surface area contributed by atoms with Crippen molar-refractivity contribution in [2.75, 3.05) is 0 Å². The van der Waals surface area contributed by atoms with Gasteiger partial charge in [0.25, 0.3) is 0 Å². The number of fused-ring (bicyclic) bond motifs is 3. The third-order valence-corrected chi connectivity index (χ3v) is 2.81. The van der Waals surface area contributed by atoms with Crippen molar-refractivity contribution >= 4 is 0 Å². The molecule has 2 aromatic rings. The van der Waals surface area contributed by atoms with E-state index in [4.69, 9.17) is 0 Å². The number of benzene rings is 1. The van der Waals surface area contributed by atoms with Gasteiger partial charge in [0, 0.05) is 25.2 Å². The Kier molecular flexibility index (Phi) is 1.21. The maximum atomic E-state index is 2.22. The summed E-state index contributed by atoms with van der Waals surface area (Å²) in [5, 5.41) is 0. The summed E-state index contributed by atoms with van der Waals surface area (Å²) >= 11 is 0. The topological polar surface area (TPSA) is 4.93 Å². The fourth-order valence-corrected chi connectivity index (χ4v) is 2.20. The van der Waals surface area contributed by atoms with E-state index in [1.54, 1.807) is 0 Å². The molecular weight excluding hydrogens is 158 g/mol. The highest BCUT2D eigenvalue weighted by Gasteiger charge is 2.19. The van der Waals surface area contributed by atoms with Crippen LogP contribution in [-0.4, -0.2) is 4.57 Å². The predicted octanol–water partition coefficient (Wildman–Crippen LogP) is 2.60. The maximum absolute atomic E-state index is 2.22. The summed E-state index contributed by atoms with van der Waals surface area (Å²) < 4.78 is 2.21. The monoisotopic (exact) mass is 169 g/mol. The quantitative estimate of drug-likeness (QED) is 0.487. The molecule has 0 saturated heterocycles. The number of aromatic nitrogens is 1. The fourth-order valence-electron chi connectivity index (χ4n) is 2.20. The van der Waals surface area contributed by atoms with Gasteiger partial charge < -0.3 is 4.57 Å². The molecule has 0 spiro atoms. The molecule has 1 nitrogen and oxygen atoms in total. The van der Waals surface area contributed by atoms with Crippen molar-refractivity contribution < 1.29 is 0 Å². The van der Waals surface area contributed by atoms with Crippen LogP contribution in [0.15, 0.2) is 36.5 Å². The van der Waals surface area contributed by atoms with E-state index in [0.29, 0.717) is 0 Å². The van der Waals surface area contributed by atoms with Gasteiger partial charge in [-0.25, -0.2) is 0 Å². The van der Waals surface area contributed by atoms with Gasteiger partial charge in [-0.3, -0.25) is 0 Å². The molecule has 0 unspecified atom stereocenters. The minimum Gasteiger partial charge on any atom is -0.350 e. The smallest absolute Gasteiger partial charge is 0.0516 e. The van der Waals surface area contributed by atoms with Crippen molar-refractivity contribution in [3.63, 3.8) is 0 Å². The second-order valence-corrected chi connectivity index (χ2v) is 3.63. The van der Waals surface area contributed by atoms with Gasteiger partial charge in [-0.15, -0.1) is 0 Å². The molecular formula is C12H11N. The molecule has 0 atom stereocenters. The van der Waals surface area contributed by atoms with Crippen LogP contribution >= 0.6 is 0 Å². The summed E-state index contributed by atoms with van der Waals surface area (Å²) in [5.41, 5.74) is 5.73. The van der Waals surface area contributed by atoms with E-state index in [0.717, 1.165) is 6.42 Å². The lowest BCUT2D eigenvalue weighted by Gasteiger charge is -2.01. The van der Waals surface area contributed by atoms with Crippen LogP contribution in [0.2, 0.25) is 0 Å². The lowest BCUT2D eigenvalue weighted by molar-refractivity contribution is 0.937. The van der Waals surface area contributed by atoms with E-state index in [1.165, 1.54) is 22.4 Å². The summed E-state index contributed by atoms with van der Waals surface area (Å²) in [6, 6.07) is 10.9. The van der Waals surface area contributed by atoms with Crippen LogP contribution in [0.3, 0.4) is 0 Å². The fraction of sp³-hybridized carbons (Fsp3) is 0.167. The van der Waals surface area contributed by atoms with Crippen molar-refractivity contribution in [3.8, 4) is 11.3 Å². The summed E-state index contributed by atoms with van der Waals surface area (Å²) in [4.78, 5) is 0. The SMILES string of the molecule is Cn1ccc2c1-c1ccccc1C2. The first-order valence-electron chi connectivity index (χ1n) is 4.59. The zero-order valence-electron chi connectivity index (χ0n) is 7.62. The molecule has 1 aromatic carbocycles. The Bertz CT molecular complexity index is 466. The summed E-state index contributed by atoms with van der Waals surface area (Å²) in [6.07, 6.45) is 3.24. The molecule has 0 fully saturated rings.